The van der Waals surface area contributed by atoms with Crippen LogP contribution >= 0.6 is 0 Å². The molecule has 25 heavy (non-hydrogen) atoms. The molecule has 2 aliphatic heterocycles. The molecular weight excluding hydrogens is 322 g/mol. The summed E-state index contributed by atoms with van der Waals surface area (Å²) in [6, 6.07) is 5.58. The maximum Gasteiger partial charge on any atom is 0.228 e. The lowest BCUT2D eigenvalue weighted by atomic mass is 10.1. The Kier molecular flexibility index (Phi) is 5.13. The monoisotopic (exact) mass is 347 g/mol. The highest BCUT2D eigenvalue weighted by Gasteiger charge is 2.38. The molecule has 2 heterocycles. The van der Waals surface area contributed by atoms with E-state index in [4.69, 9.17) is 9.47 Å². The van der Waals surface area contributed by atoms with Crippen LogP contribution in [0.3, 0.4) is 0 Å². The van der Waals surface area contributed by atoms with Crippen LogP contribution in [0.5, 0.6) is 11.5 Å². The Morgan fingerprint density at radius 1 is 1.28 bits per heavy atom. The number of carbonyl (C=O) groups excluding carboxylic acids is 2. The maximum absolute atomic E-state index is 12.8. The van der Waals surface area contributed by atoms with Crippen molar-refractivity contribution >= 4 is 17.5 Å². The second-order valence-corrected chi connectivity index (χ2v) is 6.54. The lowest BCUT2D eigenvalue weighted by molar-refractivity contribution is -0.136. The number of likely N-dealkylation sites (N-methyl/N-ethyl adjacent to an activating group) is 1. The van der Waals surface area contributed by atoms with Gasteiger partial charge < -0.3 is 24.6 Å². The van der Waals surface area contributed by atoms with Gasteiger partial charge in [-0.1, -0.05) is 0 Å². The molecular formula is C18H25N3O4. The first-order chi connectivity index (χ1) is 12.0. The summed E-state index contributed by atoms with van der Waals surface area (Å²) in [4.78, 5) is 28.7. The highest BCUT2D eigenvalue weighted by atomic mass is 16.5. The fraction of sp³-hybridized carbons (Fsp3) is 0.556. The number of nitrogens with zero attached hydrogens (tertiary/aromatic N) is 2. The summed E-state index contributed by atoms with van der Waals surface area (Å²) in [5.41, 5.74) is 0.725. The van der Waals surface area contributed by atoms with Crippen molar-refractivity contribution in [3.63, 3.8) is 0 Å². The van der Waals surface area contributed by atoms with E-state index in [0.29, 0.717) is 18.0 Å². The number of rotatable bonds is 5. The number of benzene rings is 1. The van der Waals surface area contributed by atoms with Gasteiger partial charge in [-0.15, -0.1) is 0 Å². The van der Waals surface area contributed by atoms with Crippen LogP contribution in [0.15, 0.2) is 18.2 Å². The minimum Gasteiger partial charge on any atom is -0.493 e. The van der Waals surface area contributed by atoms with Gasteiger partial charge in [0.2, 0.25) is 11.8 Å². The smallest absolute Gasteiger partial charge is 0.228 e. The zero-order chi connectivity index (χ0) is 18.0. The Hall–Kier alpha value is -2.28. The molecule has 0 aromatic heterocycles. The molecule has 0 radical (unpaired) electrons. The molecule has 1 aromatic carbocycles. The Balaban J connectivity index is 1.73. The van der Waals surface area contributed by atoms with Crippen molar-refractivity contribution < 1.29 is 19.1 Å². The van der Waals surface area contributed by atoms with Crippen LogP contribution in [0.2, 0.25) is 0 Å². The summed E-state index contributed by atoms with van der Waals surface area (Å²) >= 11 is 0. The van der Waals surface area contributed by atoms with E-state index in [2.05, 4.69) is 5.32 Å². The van der Waals surface area contributed by atoms with Crippen LogP contribution in [0.25, 0.3) is 0 Å². The molecule has 2 atom stereocenters. The first-order valence-electron chi connectivity index (χ1n) is 8.55. The predicted molar refractivity (Wildman–Crippen MR) is 94.1 cm³/mol. The van der Waals surface area contributed by atoms with Crippen molar-refractivity contribution in [3.05, 3.63) is 18.2 Å². The van der Waals surface area contributed by atoms with E-state index < -0.39 is 0 Å². The molecule has 3 rings (SSSR count). The van der Waals surface area contributed by atoms with Gasteiger partial charge in [-0.25, -0.2) is 0 Å². The molecule has 2 amide bonds. The quantitative estimate of drug-likeness (QED) is 0.856. The fourth-order valence-corrected chi connectivity index (χ4v) is 3.55. The number of nitrogens with one attached hydrogen (secondary N) is 1. The van der Waals surface area contributed by atoms with E-state index in [1.165, 1.54) is 0 Å². The van der Waals surface area contributed by atoms with Gasteiger partial charge in [0.05, 0.1) is 20.1 Å². The number of methoxy groups -OCH3 is 2. The summed E-state index contributed by atoms with van der Waals surface area (Å²) in [7, 11) is 4.97. The molecule has 7 nitrogen and oxygen atoms in total. The van der Waals surface area contributed by atoms with Crippen molar-refractivity contribution in [3.8, 4) is 11.5 Å². The molecule has 2 saturated heterocycles. The minimum atomic E-state index is -0.300. The highest BCUT2D eigenvalue weighted by Crippen LogP contribution is 2.34. The van der Waals surface area contributed by atoms with Crippen LogP contribution in [-0.2, 0) is 9.59 Å². The number of ether oxygens (including phenoxy) is 2. The Bertz CT molecular complexity index is 658. The van der Waals surface area contributed by atoms with Crippen LogP contribution in [-0.4, -0.2) is 63.7 Å². The molecule has 136 valence electrons. The van der Waals surface area contributed by atoms with Gasteiger partial charge in [0.15, 0.2) is 11.5 Å². The SMILES string of the molecule is COc1ccc(N2CC(C(=O)N(C)C3CCNC3)CC2=O)cc1OC. The third-order valence-corrected chi connectivity index (χ3v) is 5.08. The van der Waals surface area contributed by atoms with E-state index in [0.717, 1.165) is 25.2 Å². The third-order valence-electron chi connectivity index (χ3n) is 5.08. The van der Waals surface area contributed by atoms with E-state index in [1.54, 1.807) is 36.2 Å². The van der Waals surface area contributed by atoms with E-state index >= 15 is 0 Å². The zero-order valence-corrected chi connectivity index (χ0v) is 14.9. The van der Waals surface area contributed by atoms with Gasteiger partial charge in [-0.2, -0.15) is 0 Å². The highest BCUT2D eigenvalue weighted by molar-refractivity contribution is 6.00. The van der Waals surface area contributed by atoms with E-state index in [9.17, 15) is 9.59 Å². The van der Waals surface area contributed by atoms with Gasteiger partial charge in [0.25, 0.3) is 0 Å². The van der Waals surface area contributed by atoms with Crippen molar-refractivity contribution in [1.29, 1.82) is 0 Å². The van der Waals surface area contributed by atoms with Gasteiger partial charge >= 0.3 is 0 Å². The molecule has 1 N–H and O–H groups in total. The van der Waals surface area contributed by atoms with Gasteiger partial charge in [-0.3, -0.25) is 9.59 Å². The van der Waals surface area contributed by atoms with Gasteiger partial charge in [-0.05, 0) is 25.1 Å². The largest absolute Gasteiger partial charge is 0.493 e. The third kappa shape index (κ3) is 3.42. The summed E-state index contributed by atoms with van der Waals surface area (Å²) in [5.74, 6) is 0.885. The van der Waals surface area contributed by atoms with Crippen LogP contribution in [0.4, 0.5) is 5.69 Å². The fourth-order valence-electron chi connectivity index (χ4n) is 3.55. The molecule has 0 spiro atoms. The lowest BCUT2D eigenvalue weighted by Crippen LogP contribution is -2.42. The van der Waals surface area contributed by atoms with Crippen LogP contribution in [0.1, 0.15) is 12.8 Å². The minimum absolute atomic E-state index is 0.0384. The van der Waals surface area contributed by atoms with Crippen molar-refractivity contribution in [1.82, 2.24) is 10.2 Å². The summed E-state index contributed by atoms with van der Waals surface area (Å²) in [6.07, 6.45) is 1.21. The van der Waals surface area contributed by atoms with Gasteiger partial charge in [0, 0.05) is 44.4 Å². The molecule has 0 bridgehead atoms. The van der Waals surface area contributed by atoms with Gasteiger partial charge in [0.1, 0.15) is 0 Å². The normalized spacial score (nSPS) is 23.0. The first-order valence-corrected chi connectivity index (χ1v) is 8.55. The number of hydrogen-bond acceptors (Lipinski definition) is 5. The molecule has 2 fully saturated rings. The standard InChI is InChI=1S/C18H25N3O4/c1-20(14-6-7-19-10-14)18(23)12-8-17(22)21(11-12)13-4-5-15(24-2)16(9-13)25-3/h4-5,9,12,14,19H,6-8,10-11H2,1-3H3. The van der Waals surface area contributed by atoms with E-state index in [1.807, 2.05) is 13.1 Å². The Labute approximate surface area is 147 Å². The molecule has 0 saturated carbocycles. The zero-order valence-electron chi connectivity index (χ0n) is 14.9. The topological polar surface area (TPSA) is 71.1 Å². The predicted octanol–water partition coefficient (Wildman–Crippen LogP) is 0.877. The van der Waals surface area contributed by atoms with E-state index in [-0.39, 0.29) is 30.2 Å². The van der Waals surface area contributed by atoms with Crippen molar-refractivity contribution in [2.45, 2.75) is 18.9 Å². The maximum atomic E-state index is 12.8. The Morgan fingerprint density at radius 3 is 2.68 bits per heavy atom. The summed E-state index contributed by atoms with van der Waals surface area (Å²) in [6.45, 7) is 2.16. The number of carbonyl (C=O) groups is 2. The summed E-state index contributed by atoms with van der Waals surface area (Å²) in [5, 5.41) is 3.27. The van der Waals surface area contributed by atoms with Crippen molar-refractivity contribution in [2.24, 2.45) is 5.92 Å². The average molecular weight is 347 g/mol. The number of hydrogen-bond donors (Lipinski definition) is 1. The average Bonchev–Trinajstić information content (AvgIpc) is 3.29. The molecule has 7 heteroatoms. The molecule has 1 aromatic rings. The molecule has 2 aliphatic rings. The number of amides is 2. The second-order valence-electron chi connectivity index (χ2n) is 6.54. The number of anilines is 1. The van der Waals surface area contributed by atoms with Crippen molar-refractivity contribution in [2.75, 3.05) is 45.8 Å². The second kappa shape index (κ2) is 7.31. The van der Waals surface area contributed by atoms with Crippen LogP contribution < -0.4 is 19.7 Å². The first kappa shape index (κ1) is 17.5. The molecule has 0 aliphatic carbocycles. The molecule has 2 unspecified atom stereocenters. The summed E-state index contributed by atoms with van der Waals surface area (Å²) < 4.78 is 10.5. The Morgan fingerprint density at radius 2 is 2.04 bits per heavy atom. The lowest BCUT2D eigenvalue weighted by Gasteiger charge is -2.26. The van der Waals surface area contributed by atoms with Crippen LogP contribution in [0, 0.1) is 5.92 Å².